The largest absolute Gasteiger partial charge is 0.497 e. The molecule has 3 rings (SSSR count). The number of methoxy groups -OCH3 is 2. The number of nitrogens with one attached hydrogen (secondary N) is 2. The monoisotopic (exact) mass is 384 g/mol. The first kappa shape index (κ1) is 18.5. The molecule has 0 spiro atoms. The second-order valence-corrected chi connectivity index (χ2v) is 5.86. The second-order valence-electron chi connectivity index (χ2n) is 5.45. The molecule has 3 aromatic rings. The minimum atomic E-state index is -0.445. The van der Waals surface area contributed by atoms with Crippen molar-refractivity contribution in [2.24, 2.45) is 0 Å². The van der Waals surface area contributed by atoms with E-state index in [0.717, 1.165) is 11.4 Å². The normalized spacial score (nSPS) is 10.2. The quantitative estimate of drug-likeness (QED) is 0.608. The number of benzene rings is 2. The van der Waals surface area contributed by atoms with E-state index in [1.54, 1.807) is 31.4 Å². The van der Waals surface area contributed by atoms with Crippen LogP contribution in [0, 0.1) is 0 Å². The van der Waals surface area contributed by atoms with E-state index >= 15 is 0 Å². The van der Waals surface area contributed by atoms with Gasteiger partial charge in [-0.3, -0.25) is 0 Å². The first-order valence-corrected chi connectivity index (χ1v) is 8.35. The van der Waals surface area contributed by atoms with E-state index in [1.165, 1.54) is 13.4 Å². The van der Waals surface area contributed by atoms with Crippen molar-refractivity contribution in [1.82, 2.24) is 9.97 Å². The Balaban J connectivity index is 1.78. The number of nitrogens with zero attached hydrogens (tertiary/aromatic N) is 2. The van der Waals surface area contributed by atoms with Crippen molar-refractivity contribution >= 4 is 40.6 Å². The SMILES string of the molecule is COC(=O)c1ccc(Cl)c(Nc2cc(Nc3ccc(OC)cc3)ncn2)c1. The Labute approximate surface area is 161 Å². The minimum Gasteiger partial charge on any atom is -0.497 e. The van der Waals surface area contributed by atoms with Gasteiger partial charge in [-0.1, -0.05) is 11.6 Å². The van der Waals surface area contributed by atoms with Crippen LogP contribution in [-0.2, 0) is 4.74 Å². The summed E-state index contributed by atoms with van der Waals surface area (Å²) in [7, 11) is 2.94. The fourth-order valence-electron chi connectivity index (χ4n) is 2.32. The Kier molecular flexibility index (Phi) is 5.73. The number of carbonyl (C=O) groups excluding carboxylic acids is 1. The molecule has 8 heteroatoms. The highest BCUT2D eigenvalue weighted by molar-refractivity contribution is 6.33. The molecule has 0 atom stereocenters. The Bertz CT molecular complexity index is 948. The summed E-state index contributed by atoms with van der Waals surface area (Å²) in [5.74, 6) is 1.44. The summed E-state index contributed by atoms with van der Waals surface area (Å²) < 4.78 is 9.87. The summed E-state index contributed by atoms with van der Waals surface area (Å²) in [6.45, 7) is 0. The second kappa shape index (κ2) is 8.37. The molecule has 2 aromatic carbocycles. The number of aromatic nitrogens is 2. The Morgan fingerprint density at radius 2 is 1.67 bits per heavy atom. The third-order valence-corrected chi connectivity index (χ3v) is 4.01. The lowest BCUT2D eigenvalue weighted by molar-refractivity contribution is 0.0601. The third kappa shape index (κ3) is 4.65. The number of anilines is 4. The van der Waals surface area contributed by atoms with Gasteiger partial charge in [0.1, 0.15) is 23.7 Å². The van der Waals surface area contributed by atoms with Crippen LogP contribution in [0.25, 0.3) is 0 Å². The van der Waals surface area contributed by atoms with E-state index in [2.05, 4.69) is 20.6 Å². The van der Waals surface area contributed by atoms with Crippen molar-refractivity contribution < 1.29 is 14.3 Å². The lowest BCUT2D eigenvalue weighted by Gasteiger charge is -2.11. The fraction of sp³-hybridized carbons (Fsp3) is 0.105. The molecule has 0 radical (unpaired) electrons. The first-order chi connectivity index (χ1) is 13.1. The van der Waals surface area contributed by atoms with Crippen LogP contribution in [0.15, 0.2) is 54.9 Å². The summed E-state index contributed by atoms with van der Waals surface area (Å²) in [6.07, 6.45) is 1.42. The molecule has 0 aliphatic heterocycles. The van der Waals surface area contributed by atoms with Gasteiger partial charge >= 0.3 is 5.97 Å². The summed E-state index contributed by atoms with van der Waals surface area (Å²) in [5, 5.41) is 6.72. The van der Waals surface area contributed by atoms with Gasteiger partial charge in [0.15, 0.2) is 0 Å². The maximum Gasteiger partial charge on any atom is 0.337 e. The van der Waals surface area contributed by atoms with E-state index < -0.39 is 5.97 Å². The molecule has 0 aliphatic carbocycles. The molecule has 7 nitrogen and oxygen atoms in total. The number of hydrogen-bond donors (Lipinski definition) is 2. The molecule has 27 heavy (non-hydrogen) atoms. The average Bonchev–Trinajstić information content (AvgIpc) is 2.70. The smallest absolute Gasteiger partial charge is 0.337 e. The highest BCUT2D eigenvalue weighted by Gasteiger charge is 2.10. The molecular weight excluding hydrogens is 368 g/mol. The minimum absolute atomic E-state index is 0.384. The Hall–Kier alpha value is -3.32. The van der Waals surface area contributed by atoms with Crippen molar-refractivity contribution in [3.63, 3.8) is 0 Å². The third-order valence-electron chi connectivity index (χ3n) is 3.68. The van der Waals surface area contributed by atoms with E-state index in [-0.39, 0.29) is 0 Å². The standard InChI is InChI=1S/C19H17ClN4O3/c1-26-14-6-4-13(5-7-14)23-17-10-18(22-11-21-17)24-16-9-12(19(25)27-2)3-8-15(16)20/h3-11H,1-2H3,(H2,21,22,23,24). The zero-order valence-corrected chi connectivity index (χ0v) is 15.4. The Morgan fingerprint density at radius 1 is 0.963 bits per heavy atom. The van der Waals surface area contributed by atoms with Crippen molar-refractivity contribution in [2.45, 2.75) is 0 Å². The summed E-state index contributed by atoms with van der Waals surface area (Å²) in [4.78, 5) is 20.1. The van der Waals surface area contributed by atoms with Gasteiger partial charge < -0.3 is 20.1 Å². The molecule has 0 saturated heterocycles. The zero-order valence-electron chi connectivity index (χ0n) is 14.7. The highest BCUT2D eigenvalue weighted by atomic mass is 35.5. The van der Waals surface area contributed by atoms with Crippen LogP contribution in [0.1, 0.15) is 10.4 Å². The summed E-state index contributed by atoms with van der Waals surface area (Å²) in [6, 6.07) is 14.0. The number of carbonyl (C=O) groups is 1. The van der Waals surface area contributed by atoms with Gasteiger partial charge in [-0.25, -0.2) is 14.8 Å². The van der Waals surface area contributed by atoms with Crippen molar-refractivity contribution in [2.75, 3.05) is 24.9 Å². The van der Waals surface area contributed by atoms with Gasteiger partial charge in [0.25, 0.3) is 0 Å². The first-order valence-electron chi connectivity index (χ1n) is 7.97. The van der Waals surface area contributed by atoms with Crippen LogP contribution in [-0.4, -0.2) is 30.2 Å². The number of hydrogen-bond acceptors (Lipinski definition) is 7. The maximum atomic E-state index is 11.7. The van der Waals surface area contributed by atoms with Crippen LogP contribution in [0.2, 0.25) is 5.02 Å². The number of esters is 1. The molecule has 0 fully saturated rings. The van der Waals surface area contributed by atoms with Crippen LogP contribution < -0.4 is 15.4 Å². The molecule has 0 unspecified atom stereocenters. The van der Waals surface area contributed by atoms with Crippen molar-refractivity contribution in [1.29, 1.82) is 0 Å². The van der Waals surface area contributed by atoms with Crippen molar-refractivity contribution in [3.8, 4) is 5.75 Å². The maximum absolute atomic E-state index is 11.7. The lowest BCUT2D eigenvalue weighted by atomic mass is 10.2. The summed E-state index contributed by atoms with van der Waals surface area (Å²) >= 11 is 6.21. The number of halogens is 1. The van der Waals surface area contributed by atoms with Gasteiger partial charge in [0, 0.05) is 11.8 Å². The average molecular weight is 385 g/mol. The van der Waals surface area contributed by atoms with E-state index in [9.17, 15) is 4.79 Å². The van der Waals surface area contributed by atoms with Gasteiger partial charge in [-0.2, -0.15) is 0 Å². The van der Waals surface area contributed by atoms with Crippen LogP contribution in [0.4, 0.5) is 23.0 Å². The topological polar surface area (TPSA) is 85.4 Å². The van der Waals surface area contributed by atoms with Gasteiger partial charge in [0.05, 0.1) is 30.5 Å². The fourth-order valence-corrected chi connectivity index (χ4v) is 2.48. The molecule has 1 aromatic heterocycles. The van der Waals surface area contributed by atoms with Gasteiger partial charge in [-0.05, 0) is 42.5 Å². The van der Waals surface area contributed by atoms with Crippen LogP contribution >= 0.6 is 11.6 Å². The highest BCUT2D eigenvalue weighted by Crippen LogP contribution is 2.27. The number of rotatable bonds is 6. The zero-order chi connectivity index (χ0) is 19.2. The molecule has 1 heterocycles. The molecule has 0 aliphatic rings. The summed E-state index contributed by atoms with van der Waals surface area (Å²) in [5.41, 5.74) is 1.77. The van der Waals surface area contributed by atoms with Crippen LogP contribution in [0.3, 0.4) is 0 Å². The lowest BCUT2D eigenvalue weighted by Crippen LogP contribution is -2.03. The molecular formula is C19H17ClN4O3. The van der Waals surface area contributed by atoms with Crippen molar-refractivity contribution in [3.05, 3.63) is 65.4 Å². The predicted molar refractivity (Wildman–Crippen MR) is 104 cm³/mol. The van der Waals surface area contributed by atoms with E-state index in [0.29, 0.717) is 27.9 Å². The molecule has 2 N–H and O–H groups in total. The van der Waals surface area contributed by atoms with Gasteiger partial charge in [-0.15, -0.1) is 0 Å². The molecule has 0 bridgehead atoms. The molecule has 0 amide bonds. The van der Waals surface area contributed by atoms with E-state index in [1.807, 2.05) is 24.3 Å². The van der Waals surface area contributed by atoms with Gasteiger partial charge in [0.2, 0.25) is 0 Å². The Morgan fingerprint density at radius 3 is 2.33 bits per heavy atom. The van der Waals surface area contributed by atoms with Crippen LogP contribution in [0.5, 0.6) is 5.75 Å². The van der Waals surface area contributed by atoms with E-state index in [4.69, 9.17) is 21.1 Å². The number of ether oxygens (including phenoxy) is 2. The molecule has 138 valence electrons. The predicted octanol–water partition coefficient (Wildman–Crippen LogP) is 4.41. The molecule has 0 saturated carbocycles.